The average molecular weight is 221 g/mol. The fraction of sp³-hybridized carbons (Fsp3) is 0.769. The largest absolute Gasteiger partial charge is 0.316 e. The van der Waals surface area contributed by atoms with E-state index in [2.05, 4.69) is 48.3 Å². The van der Waals surface area contributed by atoms with Crippen LogP contribution in [0.2, 0.25) is 0 Å². The van der Waals surface area contributed by atoms with Crippen LogP contribution in [0.15, 0.2) is 12.3 Å². The number of likely N-dealkylation sites (N-methyl/N-ethyl adjacent to an activating group) is 1. The van der Waals surface area contributed by atoms with E-state index in [9.17, 15) is 0 Å². The number of nitrogens with zero attached hydrogens (tertiary/aromatic N) is 2. The molecule has 0 aromatic carbocycles. The zero-order valence-electron chi connectivity index (χ0n) is 10.6. The second-order valence-corrected chi connectivity index (χ2v) is 4.98. The lowest BCUT2D eigenvalue weighted by atomic mass is 10.1. The Kier molecular flexibility index (Phi) is 3.64. The van der Waals surface area contributed by atoms with Crippen molar-refractivity contribution in [1.82, 2.24) is 15.1 Å². The van der Waals surface area contributed by atoms with Crippen molar-refractivity contribution in [2.75, 3.05) is 7.05 Å². The van der Waals surface area contributed by atoms with Crippen LogP contribution in [-0.2, 0) is 6.42 Å². The monoisotopic (exact) mass is 221 g/mol. The number of hydrogen-bond acceptors (Lipinski definition) is 2. The molecule has 1 aromatic rings. The first-order valence-electron chi connectivity index (χ1n) is 6.46. The highest BCUT2D eigenvalue weighted by molar-refractivity contribution is 5.04. The van der Waals surface area contributed by atoms with Gasteiger partial charge in [-0.3, -0.25) is 4.68 Å². The maximum Gasteiger partial charge on any atom is 0.0640 e. The van der Waals surface area contributed by atoms with E-state index in [4.69, 9.17) is 0 Å². The van der Waals surface area contributed by atoms with E-state index in [1.165, 1.54) is 18.5 Å². The molecule has 0 radical (unpaired) electrons. The first-order chi connectivity index (χ1) is 7.74. The standard InChI is InChI=1S/C13H23N3/c1-4-10(2)16-8-7-12(15-16)9-13(14-3)11-5-6-11/h7-8,10-11,13-14H,4-6,9H2,1-3H3. The molecular weight excluding hydrogens is 198 g/mol. The van der Waals surface area contributed by atoms with Crippen LogP contribution in [0.1, 0.15) is 44.8 Å². The summed E-state index contributed by atoms with van der Waals surface area (Å²) < 4.78 is 2.09. The molecule has 16 heavy (non-hydrogen) atoms. The maximum atomic E-state index is 4.66. The molecule has 0 amide bonds. The summed E-state index contributed by atoms with van der Waals surface area (Å²) >= 11 is 0. The molecule has 2 atom stereocenters. The van der Waals surface area contributed by atoms with Crippen molar-refractivity contribution in [1.29, 1.82) is 0 Å². The summed E-state index contributed by atoms with van der Waals surface area (Å²) in [5.74, 6) is 0.888. The molecule has 1 heterocycles. The molecule has 2 unspecified atom stereocenters. The average Bonchev–Trinajstić information content (AvgIpc) is 3.04. The molecule has 1 aromatic heterocycles. The molecule has 0 spiro atoms. The number of nitrogens with one attached hydrogen (secondary N) is 1. The summed E-state index contributed by atoms with van der Waals surface area (Å²) in [4.78, 5) is 0. The minimum atomic E-state index is 0.516. The number of aromatic nitrogens is 2. The van der Waals surface area contributed by atoms with Crippen LogP contribution < -0.4 is 5.32 Å². The van der Waals surface area contributed by atoms with E-state index < -0.39 is 0 Å². The number of hydrogen-bond donors (Lipinski definition) is 1. The van der Waals surface area contributed by atoms with Gasteiger partial charge in [0.05, 0.1) is 5.69 Å². The van der Waals surface area contributed by atoms with Crippen molar-refractivity contribution in [3.05, 3.63) is 18.0 Å². The first kappa shape index (κ1) is 11.6. The molecule has 3 nitrogen and oxygen atoms in total. The molecule has 2 rings (SSSR count). The minimum absolute atomic E-state index is 0.516. The highest BCUT2D eigenvalue weighted by atomic mass is 15.3. The maximum absolute atomic E-state index is 4.66. The van der Waals surface area contributed by atoms with Gasteiger partial charge in [0.15, 0.2) is 0 Å². The van der Waals surface area contributed by atoms with E-state index in [0.717, 1.165) is 18.8 Å². The van der Waals surface area contributed by atoms with Crippen LogP contribution in [0, 0.1) is 5.92 Å². The second-order valence-electron chi connectivity index (χ2n) is 4.98. The summed E-state index contributed by atoms with van der Waals surface area (Å²) in [6.07, 6.45) is 7.10. The van der Waals surface area contributed by atoms with Gasteiger partial charge in [-0.1, -0.05) is 6.92 Å². The fourth-order valence-electron chi connectivity index (χ4n) is 2.15. The smallest absolute Gasteiger partial charge is 0.0640 e. The quantitative estimate of drug-likeness (QED) is 0.799. The van der Waals surface area contributed by atoms with Gasteiger partial charge in [0, 0.05) is 24.7 Å². The lowest BCUT2D eigenvalue weighted by Crippen LogP contribution is -2.29. The van der Waals surface area contributed by atoms with Gasteiger partial charge in [-0.15, -0.1) is 0 Å². The molecule has 1 fully saturated rings. The Morgan fingerprint density at radius 1 is 1.56 bits per heavy atom. The van der Waals surface area contributed by atoms with Crippen molar-refractivity contribution < 1.29 is 0 Å². The van der Waals surface area contributed by atoms with Gasteiger partial charge in [0.2, 0.25) is 0 Å². The zero-order valence-corrected chi connectivity index (χ0v) is 10.6. The summed E-state index contributed by atoms with van der Waals surface area (Å²) in [6, 6.07) is 3.31. The van der Waals surface area contributed by atoms with Crippen molar-refractivity contribution >= 4 is 0 Å². The van der Waals surface area contributed by atoms with Crippen LogP contribution in [0.3, 0.4) is 0 Å². The van der Waals surface area contributed by atoms with E-state index in [-0.39, 0.29) is 0 Å². The molecule has 0 bridgehead atoms. The third-order valence-corrected chi connectivity index (χ3v) is 3.70. The molecule has 1 aliphatic rings. The van der Waals surface area contributed by atoms with Crippen LogP contribution in [0.25, 0.3) is 0 Å². The molecule has 0 aliphatic heterocycles. The third-order valence-electron chi connectivity index (χ3n) is 3.70. The Labute approximate surface area is 98.2 Å². The Balaban J connectivity index is 1.95. The zero-order chi connectivity index (χ0) is 11.5. The summed E-state index contributed by atoms with van der Waals surface area (Å²) in [6.45, 7) is 4.42. The fourth-order valence-corrected chi connectivity index (χ4v) is 2.15. The van der Waals surface area contributed by atoms with Crippen LogP contribution >= 0.6 is 0 Å². The van der Waals surface area contributed by atoms with Crippen molar-refractivity contribution in [2.24, 2.45) is 5.92 Å². The first-order valence-corrected chi connectivity index (χ1v) is 6.46. The van der Waals surface area contributed by atoms with E-state index in [1.54, 1.807) is 0 Å². The predicted molar refractivity (Wildman–Crippen MR) is 66.5 cm³/mol. The minimum Gasteiger partial charge on any atom is -0.316 e. The topological polar surface area (TPSA) is 29.9 Å². The van der Waals surface area contributed by atoms with Crippen LogP contribution in [0.4, 0.5) is 0 Å². The summed E-state index contributed by atoms with van der Waals surface area (Å²) in [7, 11) is 2.06. The van der Waals surface area contributed by atoms with Gasteiger partial charge in [-0.25, -0.2) is 0 Å². The number of rotatable bonds is 6. The highest BCUT2D eigenvalue weighted by Gasteiger charge is 2.30. The molecule has 1 N–H and O–H groups in total. The summed E-state index contributed by atoms with van der Waals surface area (Å²) in [5.41, 5.74) is 1.23. The van der Waals surface area contributed by atoms with Crippen LogP contribution in [-0.4, -0.2) is 22.9 Å². The SMILES string of the molecule is CCC(C)n1ccc(CC(NC)C2CC2)n1. The van der Waals surface area contributed by atoms with Crippen molar-refractivity contribution in [3.8, 4) is 0 Å². The Morgan fingerprint density at radius 3 is 2.88 bits per heavy atom. The van der Waals surface area contributed by atoms with Gasteiger partial charge in [0.1, 0.15) is 0 Å². The molecular formula is C13H23N3. The molecule has 1 saturated carbocycles. The predicted octanol–water partition coefficient (Wildman–Crippen LogP) is 2.39. The van der Waals surface area contributed by atoms with Crippen molar-refractivity contribution in [3.63, 3.8) is 0 Å². The Bertz CT molecular complexity index is 328. The van der Waals surface area contributed by atoms with E-state index in [0.29, 0.717) is 12.1 Å². The molecule has 0 saturated heterocycles. The summed E-state index contributed by atoms with van der Waals surface area (Å²) in [5, 5.41) is 8.07. The van der Waals surface area contributed by atoms with Crippen LogP contribution in [0.5, 0.6) is 0 Å². The van der Waals surface area contributed by atoms with Gasteiger partial charge < -0.3 is 5.32 Å². The normalized spacial score (nSPS) is 19.7. The lowest BCUT2D eigenvalue weighted by molar-refractivity contribution is 0.459. The molecule has 90 valence electrons. The second kappa shape index (κ2) is 5.00. The Morgan fingerprint density at radius 2 is 2.31 bits per heavy atom. The lowest BCUT2D eigenvalue weighted by Gasteiger charge is -2.13. The van der Waals surface area contributed by atoms with Crippen molar-refractivity contribution in [2.45, 2.75) is 51.6 Å². The van der Waals surface area contributed by atoms with Gasteiger partial charge >= 0.3 is 0 Å². The van der Waals surface area contributed by atoms with E-state index in [1.807, 2.05) is 0 Å². The van der Waals surface area contributed by atoms with Gasteiger partial charge in [-0.05, 0) is 45.2 Å². The third kappa shape index (κ3) is 2.64. The van der Waals surface area contributed by atoms with E-state index >= 15 is 0 Å². The van der Waals surface area contributed by atoms with Gasteiger partial charge in [-0.2, -0.15) is 5.10 Å². The van der Waals surface area contributed by atoms with Gasteiger partial charge in [0.25, 0.3) is 0 Å². The Hall–Kier alpha value is -0.830. The molecule has 3 heteroatoms. The highest BCUT2D eigenvalue weighted by Crippen LogP contribution is 2.33. The molecule has 1 aliphatic carbocycles.